The van der Waals surface area contributed by atoms with Crippen molar-refractivity contribution in [3.8, 4) is 0 Å². The number of unbranched alkanes of at least 4 members (excludes halogenated alkanes) is 4. The van der Waals surface area contributed by atoms with Gasteiger partial charge in [-0.05, 0) is 0 Å². The molecule has 0 aromatic heterocycles. The molecule has 0 rings (SSSR count). The topological polar surface area (TPSA) is 0 Å². The van der Waals surface area contributed by atoms with Crippen LogP contribution in [-0.2, 0) is 0 Å². The van der Waals surface area contributed by atoms with Crippen molar-refractivity contribution in [1.29, 1.82) is 0 Å². The molecule has 0 unspecified atom stereocenters. The Morgan fingerprint density at radius 2 is 1.09 bits per heavy atom. The summed E-state index contributed by atoms with van der Waals surface area (Å²) in [6, 6.07) is 0. The molecule has 0 aromatic carbocycles. The summed E-state index contributed by atoms with van der Waals surface area (Å²) in [4.78, 5) is 0. The number of hydrogen-bond acceptors (Lipinski definition) is 0. The van der Waals surface area contributed by atoms with E-state index in [-0.39, 0.29) is 0 Å². The van der Waals surface area contributed by atoms with Gasteiger partial charge in [0.1, 0.15) is 0 Å². The molecule has 0 atom stereocenters. The predicted octanol–water partition coefficient (Wildman–Crippen LogP) is 8.37. The summed E-state index contributed by atoms with van der Waals surface area (Å²) in [5.41, 5.74) is 2.89. The molecule has 0 aliphatic rings. The van der Waals surface area contributed by atoms with Gasteiger partial charge in [-0.1, -0.05) is 0 Å². The maximum atomic E-state index is 2.89. The Kier molecular flexibility index (Phi) is 13.5. The predicted molar refractivity (Wildman–Crippen MR) is 116 cm³/mol. The van der Waals surface area contributed by atoms with E-state index in [9.17, 15) is 0 Å². The Labute approximate surface area is 153 Å². The molecule has 0 heterocycles. The Bertz CT molecular complexity index is 293. The van der Waals surface area contributed by atoms with Crippen LogP contribution in [0.5, 0.6) is 0 Å². The zero-order chi connectivity index (χ0) is 17.8. The summed E-state index contributed by atoms with van der Waals surface area (Å²) < 4.78 is 7.01. The fraction of sp³-hybridized carbons (Fsp3) is 0.905. The van der Waals surface area contributed by atoms with E-state index in [1.807, 2.05) is 0 Å². The van der Waals surface area contributed by atoms with Crippen molar-refractivity contribution in [2.24, 2.45) is 0 Å². The summed E-state index contributed by atoms with van der Waals surface area (Å²) >= 11 is -2.14. The van der Waals surface area contributed by atoms with Crippen LogP contribution in [0.3, 0.4) is 0 Å². The maximum absolute atomic E-state index is 2.89. The molecular weight excluding hydrogens is 399 g/mol. The Balaban J connectivity index is 5.65. The molecule has 23 heavy (non-hydrogen) atoms. The minimum absolute atomic E-state index is 1.11. The molecule has 0 aliphatic carbocycles. The van der Waals surface area contributed by atoms with Crippen LogP contribution in [0.15, 0.2) is 9.29 Å². The molecule has 0 N–H and O–H groups in total. The van der Waals surface area contributed by atoms with Crippen LogP contribution in [0, 0.1) is 0 Å². The molecular formula is C21H46SiSn. The minimum atomic E-state index is -2.14. The molecule has 0 saturated heterocycles. The molecule has 138 valence electrons. The molecule has 0 aliphatic heterocycles. The van der Waals surface area contributed by atoms with Crippen molar-refractivity contribution >= 4 is 26.5 Å². The van der Waals surface area contributed by atoms with Crippen molar-refractivity contribution in [1.82, 2.24) is 0 Å². The first-order valence-corrected chi connectivity index (χ1v) is 21.6. The fourth-order valence-corrected chi connectivity index (χ4v) is 27.3. The summed E-state index contributed by atoms with van der Waals surface area (Å²) in [6.07, 6.45) is 12.9. The van der Waals surface area contributed by atoms with E-state index in [1.54, 1.807) is 13.3 Å². The molecule has 0 spiro atoms. The van der Waals surface area contributed by atoms with Crippen molar-refractivity contribution in [2.75, 3.05) is 0 Å². The quantitative estimate of drug-likeness (QED) is 0.236. The third-order valence-corrected chi connectivity index (χ3v) is 23.4. The SMILES string of the molecule is CCCC/[C](=C/[Si](C)(C)C)[Sn]([CH2]CCC)([CH2]CCC)[CH2]CCC. The third-order valence-electron chi connectivity index (χ3n) is 5.11. The van der Waals surface area contributed by atoms with E-state index in [0.717, 1.165) is 0 Å². The monoisotopic (exact) mass is 446 g/mol. The number of hydrogen-bond donors (Lipinski definition) is 0. The van der Waals surface area contributed by atoms with E-state index in [1.165, 1.54) is 57.8 Å². The van der Waals surface area contributed by atoms with Crippen molar-refractivity contribution < 1.29 is 0 Å². The normalized spacial score (nSPS) is 13.6. The third kappa shape index (κ3) is 10.4. The zero-order valence-electron chi connectivity index (χ0n) is 17.6. The average Bonchev–Trinajstić information content (AvgIpc) is 2.50. The van der Waals surface area contributed by atoms with Gasteiger partial charge in [0.25, 0.3) is 0 Å². The van der Waals surface area contributed by atoms with Crippen molar-refractivity contribution in [3.05, 3.63) is 9.29 Å². The summed E-state index contributed by atoms with van der Waals surface area (Å²) in [6.45, 7) is 17.2. The first kappa shape index (κ1) is 23.8. The molecule has 0 nitrogen and oxygen atoms in total. The van der Waals surface area contributed by atoms with Gasteiger partial charge >= 0.3 is 154 Å². The summed E-state index contributed by atoms with van der Waals surface area (Å²) in [5.74, 6) is 0. The van der Waals surface area contributed by atoms with E-state index < -0.39 is 26.5 Å². The van der Waals surface area contributed by atoms with Crippen LogP contribution < -0.4 is 0 Å². The number of allylic oxidation sites excluding steroid dienone is 1. The molecule has 0 fully saturated rings. The van der Waals surface area contributed by atoms with Gasteiger partial charge in [0.15, 0.2) is 0 Å². The van der Waals surface area contributed by atoms with Crippen LogP contribution in [0.4, 0.5) is 0 Å². The Morgan fingerprint density at radius 3 is 1.39 bits per heavy atom. The second-order valence-corrected chi connectivity index (χ2v) is 27.2. The van der Waals surface area contributed by atoms with Crippen LogP contribution in [0.2, 0.25) is 33.0 Å². The summed E-state index contributed by atoms with van der Waals surface area (Å²) in [5, 5.41) is 0. The van der Waals surface area contributed by atoms with Gasteiger partial charge in [0, 0.05) is 0 Å². The second-order valence-electron chi connectivity index (χ2n) is 8.73. The molecule has 2 heteroatoms. The first-order chi connectivity index (χ1) is 10.8. The second kappa shape index (κ2) is 13.0. The van der Waals surface area contributed by atoms with Crippen molar-refractivity contribution in [3.63, 3.8) is 0 Å². The molecule has 0 aromatic rings. The van der Waals surface area contributed by atoms with Gasteiger partial charge in [0.2, 0.25) is 0 Å². The Morgan fingerprint density at radius 1 is 0.696 bits per heavy atom. The van der Waals surface area contributed by atoms with Crippen LogP contribution in [0.1, 0.15) is 85.5 Å². The van der Waals surface area contributed by atoms with Gasteiger partial charge < -0.3 is 0 Å². The molecule has 0 radical (unpaired) electrons. The number of rotatable bonds is 14. The van der Waals surface area contributed by atoms with Crippen LogP contribution >= 0.6 is 0 Å². The molecule has 0 bridgehead atoms. The van der Waals surface area contributed by atoms with E-state index in [0.29, 0.717) is 0 Å². The average molecular weight is 445 g/mol. The van der Waals surface area contributed by atoms with Crippen LogP contribution in [-0.4, -0.2) is 26.5 Å². The van der Waals surface area contributed by atoms with Gasteiger partial charge in [-0.2, -0.15) is 0 Å². The zero-order valence-corrected chi connectivity index (χ0v) is 21.4. The van der Waals surface area contributed by atoms with E-state index in [4.69, 9.17) is 0 Å². The summed E-state index contributed by atoms with van der Waals surface area (Å²) in [7, 11) is -1.11. The first-order valence-electron chi connectivity index (χ1n) is 10.6. The molecule has 0 saturated carbocycles. The fourth-order valence-electron chi connectivity index (χ4n) is 3.78. The molecule has 0 amide bonds. The standard InChI is InChI=1S/C9H19Si.3C4H9.Sn/c1-5-6-7-8-9-10(2,3)4;3*1-3-4-2;/h9H,5-7H2,1-4H3;3*1,3-4H2,2H3;. The van der Waals surface area contributed by atoms with Gasteiger partial charge in [-0.15, -0.1) is 0 Å². The van der Waals surface area contributed by atoms with Gasteiger partial charge in [0.05, 0.1) is 0 Å². The Hall–Kier alpha value is 0.756. The van der Waals surface area contributed by atoms with E-state index >= 15 is 0 Å². The van der Waals surface area contributed by atoms with E-state index in [2.05, 4.69) is 56.6 Å². The van der Waals surface area contributed by atoms with Gasteiger partial charge in [-0.3, -0.25) is 0 Å². The van der Waals surface area contributed by atoms with Gasteiger partial charge in [-0.25, -0.2) is 0 Å². The van der Waals surface area contributed by atoms with Crippen LogP contribution in [0.25, 0.3) is 0 Å². The van der Waals surface area contributed by atoms with Crippen molar-refractivity contribution in [2.45, 2.75) is 118 Å².